The van der Waals surface area contributed by atoms with Crippen LogP contribution in [0.3, 0.4) is 0 Å². The van der Waals surface area contributed by atoms with Gasteiger partial charge in [-0.1, -0.05) is 0 Å². The van der Waals surface area contributed by atoms with Crippen LogP contribution in [-0.4, -0.2) is 15.4 Å². The first-order valence-electron chi connectivity index (χ1n) is 2.22. The van der Waals surface area contributed by atoms with E-state index < -0.39 is 11.2 Å². The molecule has 3 heteroatoms. The van der Waals surface area contributed by atoms with Gasteiger partial charge in [0.25, 0.3) is 0 Å². The summed E-state index contributed by atoms with van der Waals surface area (Å²) in [5, 5.41) is 10.3. The van der Waals surface area contributed by atoms with Crippen molar-refractivity contribution in [1.29, 1.82) is 0 Å². The van der Waals surface area contributed by atoms with E-state index in [1.54, 1.807) is 17.6 Å². The first kappa shape index (κ1) is 5.72. The van der Waals surface area contributed by atoms with Crippen molar-refractivity contribution in [2.75, 3.05) is 5.75 Å². The van der Waals surface area contributed by atoms with E-state index >= 15 is 0 Å². The minimum atomic E-state index is -0.969. The fourth-order valence-corrected chi connectivity index (χ4v) is 1.22. The van der Waals surface area contributed by atoms with E-state index in [1.807, 2.05) is 0 Å². The summed E-state index contributed by atoms with van der Waals surface area (Å²) in [6.45, 7) is 0. The second-order valence-corrected chi connectivity index (χ2v) is 2.83. The van der Waals surface area contributed by atoms with Gasteiger partial charge in [-0.15, -0.1) is 0 Å². The molecule has 0 radical (unpaired) electrons. The van der Waals surface area contributed by atoms with Crippen molar-refractivity contribution in [3.8, 4) is 0 Å². The molecule has 1 heterocycles. The van der Waals surface area contributed by atoms with E-state index in [-0.39, 0.29) is 11.5 Å². The van der Waals surface area contributed by atoms with Crippen LogP contribution in [0.25, 0.3) is 0 Å². The third-order valence-corrected chi connectivity index (χ3v) is 1.85. The van der Waals surface area contributed by atoms with Crippen molar-refractivity contribution in [2.45, 2.75) is 0 Å². The minimum Gasteiger partial charge on any atom is -0.612 e. The maximum atomic E-state index is 10.5. The molecular formula is C5H6O2S. The highest BCUT2D eigenvalue weighted by Crippen LogP contribution is 2.05. The molecule has 0 aliphatic carbocycles. The van der Waals surface area contributed by atoms with Crippen molar-refractivity contribution >= 4 is 11.2 Å². The summed E-state index contributed by atoms with van der Waals surface area (Å²) in [5.74, 6) is 0.474. The van der Waals surface area contributed by atoms with Crippen LogP contribution in [0.2, 0.25) is 0 Å². The third kappa shape index (κ3) is 1.28. The lowest BCUT2D eigenvalue weighted by atomic mass is 10.5. The van der Waals surface area contributed by atoms with Gasteiger partial charge in [-0.3, -0.25) is 0 Å². The molecule has 0 saturated heterocycles. The second-order valence-electron chi connectivity index (χ2n) is 1.51. The van der Waals surface area contributed by atoms with Crippen LogP contribution in [0.1, 0.15) is 0 Å². The average Bonchev–Trinajstić information content (AvgIpc) is 1.64. The molecule has 2 nitrogen and oxygen atoms in total. The van der Waals surface area contributed by atoms with E-state index in [2.05, 4.69) is 0 Å². The molecule has 0 aromatic rings. The maximum absolute atomic E-state index is 10.5. The van der Waals surface area contributed by atoms with E-state index in [0.29, 0.717) is 0 Å². The number of allylic oxidation sites excluding steroid dienone is 2. The van der Waals surface area contributed by atoms with Crippen LogP contribution >= 0.6 is 0 Å². The molecule has 0 bridgehead atoms. The minimum absolute atomic E-state index is 0.200. The van der Waals surface area contributed by atoms with Crippen LogP contribution < -0.4 is 0 Å². The van der Waals surface area contributed by atoms with E-state index in [0.717, 1.165) is 0 Å². The Morgan fingerprint density at radius 1 is 1.75 bits per heavy atom. The van der Waals surface area contributed by atoms with Gasteiger partial charge in [0.2, 0.25) is 0 Å². The first-order chi connectivity index (χ1) is 3.79. The third-order valence-electron chi connectivity index (χ3n) is 0.809. The molecule has 1 aliphatic heterocycles. The second kappa shape index (κ2) is 2.24. The Bertz CT molecular complexity index is 139. The number of aliphatic hydroxyl groups excluding tert-OH is 1. The zero-order chi connectivity index (χ0) is 5.98. The molecule has 0 aromatic heterocycles. The summed E-state index contributed by atoms with van der Waals surface area (Å²) >= 11 is -0.969. The summed E-state index contributed by atoms with van der Waals surface area (Å²) < 4.78 is 10.5. The van der Waals surface area contributed by atoms with Gasteiger partial charge in [-0.25, -0.2) is 0 Å². The van der Waals surface area contributed by atoms with Crippen LogP contribution in [0.4, 0.5) is 0 Å². The Kier molecular flexibility index (Phi) is 1.60. The van der Waals surface area contributed by atoms with Crippen LogP contribution in [0.5, 0.6) is 0 Å². The molecule has 0 fully saturated rings. The van der Waals surface area contributed by atoms with Gasteiger partial charge in [0.05, 0.1) is 0 Å². The lowest BCUT2D eigenvalue weighted by molar-refractivity contribution is 0.414. The highest BCUT2D eigenvalue weighted by Gasteiger charge is 2.07. The fourth-order valence-electron chi connectivity index (χ4n) is 0.480. The Hall–Kier alpha value is -0.410. The molecule has 0 spiro atoms. The summed E-state index contributed by atoms with van der Waals surface area (Å²) in [4.78, 5) is 0. The maximum Gasteiger partial charge on any atom is 0.166 e. The Morgan fingerprint density at radius 3 is 2.88 bits per heavy atom. The number of hydrogen-bond donors (Lipinski definition) is 1. The summed E-state index contributed by atoms with van der Waals surface area (Å²) in [6, 6.07) is 0. The lowest BCUT2D eigenvalue weighted by Crippen LogP contribution is -2.07. The highest BCUT2D eigenvalue weighted by molar-refractivity contribution is 7.94. The van der Waals surface area contributed by atoms with Crippen LogP contribution in [0.15, 0.2) is 23.3 Å². The van der Waals surface area contributed by atoms with Crippen molar-refractivity contribution < 1.29 is 9.66 Å². The molecule has 1 N–H and O–H groups in total. The summed E-state index contributed by atoms with van der Waals surface area (Å²) in [7, 11) is 0. The SMILES string of the molecule is [O-][S+]1C=CC=C(O)C1. The van der Waals surface area contributed by atoms with Gasteiger partial charge in [-0.2, -0.15) is 0 Å². The van der Waals surface area contributed by atoms with E-state index in [1.165, 1.54) is 0 Å². The molecule has 44 valence electrons. The molecule has 0 amide bonds. The molecular weight excluding hydrogens is 124 g/mol. The normalized spacial score (nSPS) is 27.6. The topological polar surface area (TPSA) is 43.3 Å². The van der Waals surface area contributed by atoms with Gasteiger partial charge < -0.3 is 9.66 Å². The lowest BCUT2D eigenvalue weighted by Gasteiger charge is -2.06. The molecule has 0 saturated carbocycles. The van der Waals surface area contributed by atoms with Crippen molar-refractivity contribution in [3.63, 3.8) is 0 Å². The zero-order valence-electron chi connectivity index (χ0n) is 4.20. The number of rotatable bonds is 0. The molecule has 1 atom stereocenters. The summed E-state index contributed by atoms with van der Waals surface area (Å²) in [5.41, 5.74) is 0. The summed E-state index contributed by atoms with van der Waals surface area (Å²) in [6.07, 6.45) is 3.14. The molecule has 0 aromatic carbocycles. The Labute approximate surface area is 50.7 Å². The quantitative estimate of drug-likeness (QED) is 0.490. The van der Waals surface area contributed by atoms with Gasteiger partial charge in [0.1, 0.15) is 11.2 Å². The van der Waals surface area contributed by atoms with Gasteiger partial charge >= 0.3 is 0 Å². The predicted octanol–water partition coefficient (Wildman–Crippen LogP) is 0.704. The highest BCUT2D eigenvalue weighted by atomic mass is 32.2. The fraction of sp³-hybridized carbons (Fsp3) is 0.200. The Morgan fingerprint density at radius 2 is 2.50 bits per heavy atom. The standard InChI is InChI=1S/C5H6O2S/c6-5-2-1-3-8(7)4-5/h1-3,6H,4H2. The number of hydrogen-bond acceptors (Lipinski definition) is 2. The predicted molar refractivity (Wildman–Crippen MR) is 32.9 cm³/mol. The molecule has 8 heavy (non-hydrogen) atoms. The van der Waals surface area contributed by atoms with Crippen LogP contribution in [0, 0.1) is 0 Å². The monoisotopic (exact) mass is 130 g/mol. The van der Waals surface area contributed by atoms with Gasteiger partial charge in [0.15, 0.2) is 5.75 Å². The van der Waals surface area contributed by atoms with Crippen LogP contribution in [-0.2, 0) is 11.2 Å². The van der Waals surface area contributed by atoms with Gasteiger partial charge in [-0.05, 0) is 23.3 Å². The van der Waals surface area contributed by atoms with Crippen molar-refractivity contribution in [3.05, 3.63) is 23.3 Å². The van der Waals surface area contributed by atoms with E-state index in [4.69, 9.17) is 5.11 Å². The Balaban J connectivity index is 2.59. The van der Waals surface area contributed by atoms with Gasteiger partial charge in [0, 0.05) is 0 Å². The smallest absolute Gasteiger partial charge is 0.166 e. The molecule has 1 aliphatic rings. The largest absolute Gasteiger partial charge is 0.612 e. The number of aliphatic hydroxyl groups is 1. The average molecular weight is 130 g/mol. The molecule has 1 unspecified atom stereocenters. The zero-order valence-corrected chi connectivity index (χ0v) is 5.02. The molecule has 1 rings (SSSR count). The van der Waals surface area contributed by atoms with Crippen molar-refractivity contribution in [2.24, 2.45) is 0 Å². The van der Waals surface area contributed by atoms with Crippen molar-refractivity contribution in [1.82, 2.24) is 0 Å². The first-order valence-corrected chi connectivity index (χ1v) is 3.61. The van der Waals surface area contributed by atoms with E-state index in [9.17, 15) is 4.55 Å².